The molecule has 92 valence electrons. The van der Waals surface area contributed by atoms with Crippen LogP contribution >= 0.6 is 0 Å². The van der Waals surface area contributed by atoms with Gasteiger partial charge in [0, 0.05) is 12.5 Å². The van der Waals surface area contributed by atoms with Gasteiger partial charge in [-0.2, -0.15) is 4.98 Å². The van der Waals surface area contributed by atoms with Crippen molar-refractivity contribution in [1.29, 1.82) is 0 Å². The van der Waals surface area contributed by atoms with Crippen molar-refractivity contribution in [3.05, 3.63) is 11.7 Å². The highest BCUT2D eigenvalue weighted by molar-refractivity contribution is 4.97. The Morgan fingerprint density at radius 3 is 2.69 bits per heavy atom. The molecule has 0 aliphatic carbocycles. The third-order valence-corrected chi connectivity index (χ3v) is 3.04. The lowest BCUT2D eigenvalue weighted by Gasteiger charge is -2.18. The fraction of sp³-hybridized carbons (Fsp3) is 0.833. The molecule has 0 fully saturated rings. The molecule has 2 unspecified atom stereocenters. The summed E-state index contributed by atoms with van der Waals surface area (Å²) in [6.45, 7) is 6.45. The van der Waals surface area contributed by atoms with Crippen LogP contribution in [0.2, 0.25) is 0 Å². The lowest BCUT2D eigenvalue weighted by molar-refractivity contribution is 0.323. The van der Waals surface area contributed by atoms with Crippen LogP contribution in [0.25, 0.3) is 0 Å². The second kappa shape index (κ2) is 6.63. The molecule has 0 aromatic carbocycles. The fourth-order valence-corrected chi connectivity index (χ4v) is 1.87. The van der Waals surface area contributed by atoms with Gasteiger partial charge in [-0.15, -0.1) is 0 Å². The van der Waals surface area contributed by atoms with E-state index in [1.54, 1.807) is 0 Å². The molecule has 0 radical (unpaired) electrons. The van der Waals surface area contributed by atoms with Gasteiger partial charge in [-0.1, -0.05) is 32.3 Å². The largest absolute Gasteiger partial charge is 0.339 e. The van der Waals surface area contributed by atoms with Crippen molar-refractivity contribution in [2.24, 2.45) is 0 Å². The SMILES string of the molecule is CCCCc1noc(C(C)C(CC)NC)n1. The first-order valence-electron chi connectivity index (χ1n) is 6.22. The first-order chi connectivity index (χ1) is 7.72. The molecule has 0 saturated heterocycles. The van der Waals surface area contributed by atoms with E-state index in [1.807, 2.05) is 7.05 Å². The zero-order valence-corrected chi connectivity index (χ0v) is 10.8. The van der Waals surface area contributed by atoms with Gasteiger partial charge >= 0.3 is 0 Å². The number of nitrogens with zero attached hydrogens (tertiary/aromatic N) is 2. The third-order valence-electron chi connectivity index (χ3n) is 3.04. The highest BCUT2D eigenvalue weighted by Crippen LogP contribution is 2.19. The second-order valence-corrected chi connectivity index (χ2v) is 4.24. The maximum atomic E-state index is 5.31. The number of aromatic nitrogens is 2. The van der Waals surface area contributed by atoms with E-state index < -0.39 is 0 Å². The van der Waals surface area contributed by atoms with Gasteiger partial charge in [0.25, 0.3) is 0 Å². The molecular formula is C12H23N3O. The summed E-state index contributed by atoms with van der Waals surface area (Å²) in [5.41, 5.74) is 0. The van der Waals surface area contributed by atoms with Crippen LogP contribution in [0.4, 0.5) is 0 Å². The zero-order chi connectivity index (χ0) is 12.0. The number of hydrogen-bond donors (Lipinski definition) is 1. The standard InChI is InChI=1S/C12H23N3O/c1-5-7-8-11-14-12(16-15-11)9(3)10(6-2)13-4/h9-10,13H,5-8H2,1-4H3. The van der Waals surface area contributed by atoms with Crippen molar-refractivity contribution in [2.45, 2.75) is 58.4 Å². The van der Waals surface area contributed by atoms with Gasteiger partial charge in [-0.25, -0.2) is 0 Å². The smallest absolute Gasteiger partial charge is 0.231 e. The van der Waals surface area contributed by atoms with Gasteiger partial charge in [0.1, 0.15) is 0 Å². The lowest BCUT2D eigenvalue weighted by atomic mass is 10.00. The summed E-state index contributed by atoms with van der Waals surface area (Å²) in [4.78, 5) is 4.45. The molecule has 1 N–H and O–H groups in total. The van der Waals surface area contributed by atoms with Gasteiger partial charge in [0.15, 0.2) is 5.82 Å². The predicted octanol–water partition coefficient (Wildman–Crippen LogP) is 2.51. The molecule has 4 nitrogen and oxygen atoms in total. The average molecular weight is 225 g/mol. The molecule has 2 atom stereocenters. The van der Waals surface area contributed by atoms with Gasteiger partial charge in [-0.3, -0.25) is 0 Å². The minimum absolute atomic E-state index is 0.276. The summed E-state index contributed by atoms with van der Waals surface area (Å²) in [5, 5.41) is 7.29. The van der Waals surface area contributed by atoms with Crippen molar-refractivity contribution in [1.82, 2.24) is 15.5 Å². The van der Waals surface area contributed by atoms with E-state index in [0.29, 0.717) is 6.04 Å². The first-order valence-corrected chi connectivity index (χ1v) is 6.22. The predicted molar refractivity (Wildman–Crippen MR) is 64.5 cm³/mol. The Morgan fingerprint density at radius 2 is 2.12 bits per heavy atom. The van der Waals surface area contributed by atoms with Crippen molar-refractivity contribution < 1.29 is 4.52 Å². The van der Waals surface area contributed by atoms with Crippen LogP contribution in [0.15, 0.2) is 4.52 Å². The Balaban J connectivity index is 2.61. The van der Waals surface area contributed by atoms with E-state index in [2.05, 4.69) is 36.2 Å². The Morgan fingerprint density at radius 1 is 1.38 bits per heavy atom. The highest BCUT2D eigenvalue weighted by atomic mass is 16.5. The number of rotatable bonds is 7. The first kappa shape index (κ1) is 13.2. The van der Waals surface area contributed by atoms with Crippen LogP contribution < -0.4 is 5.32 Å². The summed E-state index contributed by atoms with van der Waals surface area (Å²) in [6.07, 6.45) is 4.26. The van der Waals surface area contributed by atoms with E-state index in [4.69, 9.17) is 4.52 Å². The van der Waals surface area contributed by atoms with E-state index in [-0.39, 0.29) is 5.92 Å². The zero-order valence-electron chi connectivity index (χ0n) is 10.8. The molecule has 0 aliphatic rings. The average Bonchev–Trinajstić information content (AvgIpc) is 2.76. The normalized spacial score (nSPS) is 15.0. The third kappa shape index (κ3) is 3.30. The minimum Gasteiger partial charge on any atom is -0.339 e. The summed E-state index contributed by atoms with van der Waals surface area (Å²) >= 11 is 0. The molecule has 0 bridgehead atoms. The molecule has 1 aromatic rings. The molecule has 1 aromatic heterocycles. The molecule has 1 rings (SSSR count). The van der Waals surface area contributed by atoms with Gasteiger partial charge in [0.2, 0.25) is 5.89 Å². The number of nitrogens with one attached hydrogen (secondary N) is 1. The Hall–Kier alpha value is -0.900. The molecule has 0 aliphatic heterocycles. The Labute approximate surface area is 97.8 Å². The number of aryl methyl sites for hydroxylation is 1. The van der Waals surface area contributed by atoms with Gasteiger partial charge < -0.3 is 9.84 Å². The molecular weight excluding hydrogens is 202 g/mol. The quantitative estimate of drug-likeness (QED) is 0.774. The summed E-state index contributed by atoms with van der Waals surface area (Å²) in [6, 6.07) is 0.402. The fourth-order valence-electron chi connectivity index (χ4n) is 1.87. The van der Waals surface area contributed by atoms with Crippen LogP contribution in [0.3, 0.4) is 0 Å². The molecule has 0 amide bonds. The molecule has 0 saturated carbocycles. The van der Waals surface area contributed by atoms with Crippen molar-refractivity contribution >= 4 is 0 Å². The minimum atomic E-state index is 0.276. The van der Waals surface area contributed by atoms with E-state index in [0.717, 1.165) is 37.4 Å². The summed E-state index contributed by atoms with van der Waals surface area (Å²) in [5.74, 6) is 1.87. The molecule has 0 spiro atoms. The topological polar surface area (TPSA) is 51.0 Å². The Kier molecular flexibility index (Phi) is 5.46. The molecule has 1 heterocycles. The van der Waals surface area contributed by atoms with E-state index >= 15 is 0 Å². The maximum absolute atomic E-state index is 5.31. The van der Waals surface area contributed by atoms with Crippen molar-refractivity contribution in [3.8, 4) is 0 Å². The summed E-state index contributed by atoms with van der Waals surface area (Å²) in [7, 11) is 1.97. The number of hydrogen-bond acceptors (Lipinski definition) is 4. The van der Waals surface area contributed by atoms with E-state index in [9.17, 15) is 0 Å². The van der Waals surface area contributed by atoms with Crippen LogP contribution in [0, 0.1) is 0 Å². The maximum Gasteiger partial charge on any atom is 0.231 e. The molecule has 4 heteroatoms. The van der Waals surface area contributed by atoms with Crippen LogP contribution in [-0.2, 0) is 6.42 Å². The molecule has 16 heavy (non-hydrogen) atoms. The van der Waals surface area contributed by atoms with Gasteiger partial charge in [-0.05, 0) is 19.9 Å². The summed E-state index contributed by atoms with van der Waals surface area (Å²) < 4.78 is 5.31. The second-order valence-electron chi connectivity index (χ2n) is 4.24. The van der Waals surface area contributed by atoms with Crippen molar-refractivity contribution in [2.75, 3.05) is 7.05 Å². The lowest BCUT2D eigenvalue weighted by Crippen LogP contribution is -2.30. The Bertz CT molecular complexity index is 294. The van der Waals surface area contributed by atoms with Crippen LogP contribution in [0.5, 0.6) is 0 Å². The van der Waals surface area contributed by atoms with Crippen molar-refractivity contribution in [3.63, 3.8) is 0 Å². The highest BCUT2D eigenvalue weighted by Gasteiger charge is 2.21. The monoisotopic (exact) mass is 225 g/mol. The van der Waals surface area contributed by atoms with Crippen LogP contribution in [0.1, 0.15) is 57.7 Å². The van der Waals surface area contributed by atoms with E-state index in [1.165, 1.54) is 0 Å². The number of unbranched alkanes of at least 4 members (excludes halogenated alkanes) is 1. The van der Waals surface area contributed by atoms with Gasteiger partial charge in [0.05, 0.1) is 5.92 Å². The number of likely N-dealkylation sites (N-methyl/N-ethyl adjacent to an activating group) is 1. The van der Waals surface area contributed by atoms with Crippen LogP contribution in [-0.4, -0.2) is 23.2 Å².